The first-order chi connectivity index (χ1) is 18.6. The molecule has 11 nitrogen and oxygen atoms in total. The van der Waals surface area contributed by atoms with E-state index in [0.29, 0.717) is 37.6 Å². The molecule has 1 aromatic carbocycles. The molecule has 2 atom stereocenters. The van der Waals surface area contributed by atoms with Crippen molar-refractivity contribution in [2.24, 2.45) is 17.4 Å². The van der Waals surface area contributed by atoms with Crippen molar-refractivity contribution >= 4 is 17.6 Å². The van der Waals surface area contributed by atoms with Crippen LogP contribution in [-0.2, 0) is 17.6 Å². The number of ketones is 1. The van der Waals surface area contributed by atoms with Gasteiger partial charge in [-0.1, -0.05) is 6.07 Å². The summed E-state index contributed by atoms with van der Waals surface area (Å²) >= 11 is 0. The van der Waals surface area contributed by atoms with Gasteiger partial charge in [-0.25, -0.2) is 9.59 Å². The molecule has 1 saturated heterocycles. The zero-order chi connectivity index (χ0) is 27.7. The molecule has 2 amide bonds. The van der Waals surface area contributed by atoms with Gasteiger partial charge in [0.25, 0.3) is 0 Å². The lowest BCUT2D eigenvalue weighted by Gasteiger charge is -2.39. The fraction of sp³-hybridized carbons (Fsp3) is 0.571. The van der Waals surface area contributed by atoms with Crippen LogP contribution in [0.2, 0.25) is 0 Å². The van der Waals surface area contributed by atoms with E-state index in [9.17, 15) is 14.4 Å². The van der Waals surface area contributed by atoms with Crippen LogP contribution in [0.3, 0.4) is 0 Å². The first-order valence-corrected chi connectivity index (χ1v) is 13.9. The minimum absolute atomic E-state index is 0.136. The summed E-state index contributed by atoms with van der Waals surface area (Å²) in [6.45, 7) is 5.25. The predicted molar refractivity (Wildman–Crippen MR) is 150 cm³/mol. The van der Waals surface area contributed by atoms with Crippen molar-refractivity contribution in [3.05, 3.63) is 52.1 Å². The highest BCUT2D eigenvalue weighted by atomic mass is 16.2. The Labute approximate surface area is 228 Å². The molecule has 39 heavy (non-hydrogen) atoms. The zero-order valence-corrected chi connectivity index (χ0v) is 22.8. The number of nitrogens with zero attached hydrogens (tertiary/aromatic N) is 3. The lowest BCUT2D eigenvalue weighted by Crippen LogP contribution is -2.63. The van der Waals surface area contributed by atoms with Crippen LogP contribution in [0, 0.1) is 5.92 Å². The average molecular weight is 537 g/mol. The molecule has 0 spiro atoms. The average Bonchev–Trinajstić information content (AvgIpc) is 2.89. The van der Waals surface area contributed by atoms with Gasteiger partial charge in [0.15, 0.2) is 5.78 Å². The summed E-state index contributed by atoms with van der Waals surface area (Å²) in [6.07, 6.45) is 6.97. The summed E-state index contributed by atoms with van der Waals surface area (Å²) < 4.78 is 1.48. The van der Waals surface area contributed by atoms with Crippen molar-refractivity contribution in [1.29, 1.82) is 0 Å². The second-order valence-electron chi connectivity index (χ2n) is 11.7. The fourth-order valence-corrected chi connectivity index (χ4v) is 5.89. The van der Waals surface area contributed by atoms with Gasteiger partial charge in [-0.3, -0.25) is 14.7 Å². The number of aryl methyl sites for hydroxylation is 1. The second kappa shape index (κ2) is 11.2. The van der Waals surface area contributed by atoms with Crippen LogP contribution >= 0.6 is 0 Å². The summed E-state index contributed by atoms with van der Waals surface area (Å²) in [5.41, 5.74) is 13.5. The topological polar surface area (TPSA) is 160 Å². The van der Waals surface area contributed by atoms with Crippen LogP contribution in [0.5, 0.6) is 0 Å². The van der Waals surface area contributed by atoms with E-state index >= 15 is 0 Å². The van der Waals surface area contributed by atoms with Crippen LogP contribution in [-0.4, -0.2) is 76.1 Å². The largest absolute Gasteiger partial charge is 0.354 e. The maximum atomic E-state index is 13.0. The van der Waals surface area contributed by atoms with Gasteiger partial charge < -0.3 is 27.0 Å². The van der Waals surface area contributed by atoms with Gasteiger partial charge in [0.2, 0.25) is 0 Å². The Morgan fingerprint density at radius 2 is 1.97 bits per heavy atom. The van der Waals surface area contributed by atoms with Crippen molar-refractivity contribution in [2.45, 2.75) is 69.6 Å². The molecule has 210 valence electrons. The van der Waals surface area contributed by atoms with Gasteiger partial charge >= 0.3 is 11.7 Å². The molecule has 1 aliphatic heterocycles. The van der Waals surface area contributed by atoms with Crippen molar-refractivity contribution in [3.8, 4) is 5.69 Å². The third-order valence-electron chi connectivity index (χ3n) is 8.22. The lowest BCUT2D eigenvalue weighted by atomic mass is 9.79. The third kappa shape index (κ3) is 6.06. The number of carbonyl (C=O) groups is 2. The van der Waals surface area contributed by atoms with Crippen LogP contribution in [0.25, 0.3) is 5.69 Å². The molecule has 5 rings (SSSR count). The van der Waals surface area contributed by atoms with E-state index in [1.165, 1.54) is 20.6 Å². The number of anilines is 1. The van der Waals surface area contributed by atoms with Gasteiger partial charge in [0, 0.05) is 37.9 Å². The molecule has 7 N–H and O–H groups in total. The Bertz CT molecular complexity index is 1280. The van der Waals surface area contributed by atoms with Gasteiger partial charge in [0.05, 0.1) is 11.2 Å². The molecule has 2 unspecified atom stereocenters. The van der Waals surface area contributed by atoms with Crippen LogP contribution in [0.15, 0.2) is 35.3 Å². The van der Waals surface area contributed by atoms with Crippen molar-refractivity contribution < 1.29 is 9.59 Å². The smallest absolute Gasteiger partial charge is 0.330 e. The maximum Gasteiger partial charge on any atom is 0.354 e. The quantitative estimate of drug-likeness (QED) is 0.343. The van der Waals surface area contributed by atoms with Crippen molar-refractivity contribution in [2.75, 3.05) is 31.5 Å². The number of hydrogen-bond donors (Lipinski definition) is 5. The zero-order valence-electron chi connectivity index (χ0n) is 22.8. The Morgan fingerprint density at radius 1 is 1.18 bits per heavy atom. The van der Waals surface area contributed by atoms with Crippen molar-refractivity contribution in [3.63, 3.8) is 0 Å². The molecule has 2 fully saturated rings. The number of rotatable bonds is 7. The molecule has 0 bridgehead atoms. The third-order valence-corrected chi connectivity index (χ3v) is 8.22. The van der Waals surface area contributed by atoms with Gasteiger partial charge in [-0.15, -0.1) is 0 Å². The van der Waals surface area contributed by atoms with Gasteiger partial charge in [-0.2, -0.15) is 4.98 Å². The Hall–Kier alpha value is -3.12. The van der Waals surface area contributed by atoms with E-state index in [0.717, 1.165) is 44.3 Å². The van der Waals surface area contributed by atoms with E-state index in [4.69, 9.17) is 11.5 Å². The molecule has 2 heterocycles. The highest BCUT2D eigenvalue weighted by Crippen LogP contribution is 2.29. The minimum atomic E-state index is -1.07. The fourth-order valence-electron chi connectivity index (χ4n) is 5.89. The van der Waals surface area contributed by atoms with Crippen LogP contribution < -0.4 is 33.1 Å². The number of urea groups is 1. The molecule has 1 aromatic heterocycles. The van der Waals surface area contributed by atoms with E-state index in [1.807, 2.05) is 6.07 Å². The first-order valence-electron chi connectivity index (χ1n) is 13.9. The Kier molecular flexibility index (Phi) is 7.86. The molecular formula is C28H40N8O3. The number of hydrogen-bond acceptors (Lipinski definition) is 8. The molecule has 1 saturated carbocycles. The standard InChI is InChI=1S/C28H40N8O3/c1-28(2,30)25(37)23-16-31-8-10-36(23)27(39)34-24-7-9-35(26(38)33-24)22-6-4-18-3-5-20(13-19(18)14-22)32-21-11-17(12-21)15-29/h4,6-7,9,14,17,20-21,23,31-32H,3,5,8,10-13,15-16,29-30H2,1-2H3,(H,33,34,38,39). The van der Waals surface area contributed by atoms with Crippen molar-refractivity contribution in [1.82, 2.24) is 25.1 Å². The Balaban J connectivity index is 1.26. The number of nitrogens with two attached hydrogens (primary N) is 2. The summed E-state index contributed by atoms with van der Waals surface area (Å²) in [5, 5.41) is 9.61. The monoisotopic (exact) mass is 536 g/mol. The summed E-state index contributed by atoms with van der Waals surface area (Å²) in [6, 6.07) is 7.50. The second-order valence-corrected chi connectivity index (χ2v) is 11.7. The van der Waals surface area contributed by atoms with Crippen LogP contribution in [0.4, 0.5) is 10.6 Å². The number of aromatic nitrogens is 2. The summed E-state index contributed by atoms with van der Waals surface area (Å²) in [5.74, 6) is 0.554. The summed E-state index contributed by atoms with van der Waals surface area (Å²) in [4.78, 5) is 44.4. The maximum absolute atomic E-state index is 13.0. The Morgan fingerprint density at radius 3 is 2.69 bits per heavy atom. The number of Topliss-reactive ketones (excluding diaryl/α,β-unsaturated/α-hetero) is 1. The number of benzene rings is 1. The summed E-state index contributed by atoms with van der Waals surface area (Å²) in [7, 11) is 0. The molecule has 2 aliphatic carbocycles. The molecular weight excluding hydrogens is 496 g/mol. The van der Waals surface area contributed by atoms with Gasteiger partial charge in [-0.05, 0) is 87.7 Å². The van der Waals surface area contributed by atoms with Crippen LogP contribution in [0.1, 0.15) is 44.2 Å². The molecule has 3 aliphatic rings. The number of carbonyl (C=O) groups excluding carboxylic acids is 2. The number of fused-ring (bicyclic) bond motifs is 1. The molecule has 2 aromatic rings. The van der Waals surface area contributed by atoms with E-state index in [-0.39, 0.29) is 11.6 Å². The highest BCUT2D eigenvalue weighted by molar-refractivity contribution is 5.97. The van der Waals surface area contributed by atoms with E-state index < -0.39 is 23.3 Å². The number of nitrogens with one attached hydrogen (secondary N) is 3. The number of amides is 2. The van der Waals surface area contributed by atoms with E-state index in [2.05, 4.69) is 33.1 Å². The first kappa shape index (κ1) is 27.4. The van der Waals surface area contributed by atoms with E-state index in [1.54, 1.807) is 26.1 Å². The molecule has 0 radical (unpaired) electrons. The van der Waals surface area contributed by atoms with Gasteiger partial charge in [0.1, 0.15) is 11.9 Å². The lowest BCUT2D eigenvalue weighted by molar-refractivity contribution is -0.127. The SMILES string of the molecule is CC(C)(N)C(=O)C1CNCCN1C(=O)Nc1ccn(-c2ccc3c(c2)CC(NC2CC(CN)C2)CC3)c(=O)n1. The minimum Gasteiger partial charge on any atom is -0.330 e. The molecule has 11 heteroatoms. The highest BCUT2D eigenvalue weighted by Gasteiger charge is 2.38. The number of piperazine rings is 1. The normalized spacial score (nSPS) is 25.0. The predicted octanol–water partition coefficient (Wildman–Crippen LogP) is 0.529.